The number of sulfonamides is 1. The van der Waals surface area contributed by atoms with Crippen LogP contribution in [0.5, 0.6) is 0 Å². The van der Waals surface area contributed by atoms with Crippen LogP contribution in [0.15, 0.2) is 65.6 Å². The standard InChI is InChI=1S/C22H26N2O5S/c1-2-20(18-9-5-3-6-10-18)22(26)29-17-21(25)23-13-15-24(16-14-23)30(27,28)19-11-7-4-8-12-19/h3-12,20H,2,13-17H2,1H3. The van der Waals surface area contributed by atoms with Crippen molar-refractivity contribution in [3.05, 3.63) is 66.2 Å². The molecule has 1 heterocycles. The van der Waals surface area contributed by atoms with Crippen LogP contribution in [0.4, 0.5) is 0 Å². The third-order valence-corrected chi connectivity index (χ3v) is 7.12. The van der Waals surface area contributed by atoms with E-state index in [-0.39, 0.29) is 43.6 Å². The Morgan fingerprint density at radius 3 is 2.07 bits per heavy atom. The summed E-state index contributed by atoms with van der Waals surface area (Å²) >= 11 is 0. The molecule has 1 saturated heterocycles. The second-order valence-electron chi connectivity index (χ2n) is 7.08. The number of nitrogens with zero attached hydrogens (tertiary/aromatic N) is 2. The molecule has 0 radical (unpaired) electrons. The smallest absolute Gasteiger partial charge is 0.313 e. The largest absolute Gasteiger partial charge is 0.455 e. The Labute approximate surface area is 177 Å². The van der Waals surface area contributed by atoms with Crippen LogP contribution in [0.3, 0.4) is 0 Å². The first-order chi connectivity index (χ1) is 14.4. The van der Waals surface area contributed by atoms with Gasteiger partial charge in [-0.3, -0.25) is 9.59 Å². The molecular weight excluding hydrogens is 404 g/mol. The number of amides is 1. The van der Waals surface area contributed by atoms with Crippen molar-refractivity contribution in [2.75, 3.05) is 32.8 Å². The summed E-state index contributed by atoms with van der Waals surface area (Å²) < 4.78 is 32.0. The van der Waals surface area contributed by atoms with Gasteiger partial charge in [-0.2, -0.15) is 4.31 Å². The molecule has 0 spiro atoms. The van der Waals surface area contributed by atoms with E-state index in [0.29, 0.717) is 6.42 Å². The van der Waals surface area contributed by atoms with E-state index in [0.717, 1.165) is 5.56 Å². The third kappa shape index (κ3) is 5.06. The zero-order chi connectivity index (χ0) is 21.6. The molecule has 1 aliphatic rings. The normalized spacial score (nSPS) is 16.1. The van der Waals surface area contributed by atoms with Crippen molar-refractivity contribution in [1.82, 2.24) is 9.21 Å². The van der Waals surface area contributed by atoms with Gasteiger partial charge in [0, 0.05) is 26.2 Å². The number of hydrogen-bond acceptors (Lipinski definition) is 5. The molecule has 30 heavy (non-hydrogen) atoms. The molecule has 0 saturated carbocycles. The van der Waals surface area contributed by atoms with Gasteiger partial charge < -0.3 is 9.64 Å². The Morgan fingerprint density at radius 1 is 0.933 bits per heavy atom. The van der Waals surface area contributed by atoms with Crippen molar-refractivity contribution < 1.29 is 22.7 Å². The summed E-state index contributed by atoms with van der Waals surface area (Å²) in [6.07, 6.45) is 0.576. The fraction of sp³-hybridized carbons (Fsp3) is 0.364. The van der Waals surface area contributed by atoms with Crippen LogP contribution < -0.4 is 0 Å². The maximum Gasteiger partial charge on any atom is 0.313 e. The van der Waals surface area contributed by atoms with Gasteiger partial charge in [0.1, 0.15) is 0 Å². The zero-order valence-electron chi connectivity index (χ0n) is 16.9. The SMILES string of the molecule is CCC(C(=O)OCC(=O)N1CCN(S(=O)(=O)c2ccccc2)CC1)c1ccccc1. The van der Waals surface area contributed by atoms with E-state index in [4.69, 9.17) is 4.74 Å². The van der Waals surface area contributed by atoms with Gasteiger partial charge >= 0.3 is 5.97 Å². The van der Waals surface area contributed by atoms with E-state index in [1.165, 1.54) is 9.21 Å². The lowest BCUT2D eigenvalue weighted by Crippen LogP contribution is -2.51. The van der Waals surface area contributed by atoms with Crippen molar-refractivity contribution in [2.45, 2.75) is 24.2 Å². The van der Waals surface area contributed by atoms with Crippen LogP contribution in [0, 0.1) is 0 Å². The van der Waals surface area contributed by atoms with E-state index < -0.39 is 21.9 Å². The Kier molecular flexibility index (Phi) is 7.23. The molecule has 0 aromatic heterocycles. The van der Waals surface area contributed by atoms with E-state index in [9.17, 15) is 18.0 Å². The highest BCUT2D eigenvalue weighted by atomic mass is 32.2. The van der Waals surface area contributed by atoms with Gasteiger partial charge in [-0.1, -0.05) is 55.5 Å². The monoisotopic (exact) mass is 430 g/mol. The molecule has 3 rings (SSSR count). The number of hydrogen-bond donors (Lipinski definition) is 0. The lowest BCUT2D eigenvalue weighted by molar-refractivity contribution is -0.153. The lowest BCUT2D eigenvalue weighted by atomic mass is 9.97. The quantitative estimate of drug-likeness (QED) is 0.629. The van der Waals surface area contributed by atoms with Crippen LogP contribution in [-0.2, 0) is 24.3 Å². The average Bonchev–Trinajstić information content (AvgIpc) is 2.79. The van der Waals surface area contributed by atoms with Crippen molar-refractivity contribution >= 4 is 21.9 Å². The minimum absolute atomic E-state index is 0.207. The summed E-state index contributed by atoms with van der Waals surface area (Å²) in [5.41, 5.74) is 0.859. The van der Waals surface area contributed by atoms with Gasteiger partial charge in [-0.25, -0.2) is 8.42 Å². The summed E-state index contributed by atoms with van der Waals surface area (Å²) in [5, 5.41) is 0. The van der Waals surface area contributed by atoms with Crippen molar-refractivity contribution in [1.29, 1.82) is 0 Å². The third-order valence-electron chi connectivity index (χ3n) is 5.20. The Hall–Kier alpha value is -2.71. The number of ether oxygens (including phenoxy) is 1. The van der Waals surface area contributed by atoms with Gasteiger partial charge in [0.2, 0.25) is 10.0 Å². The first-order valence-corrected chi connectivity index (χ1v) is 11.4. The van der Waals surface area contributed by atoms with Gasteiger partial charge in [0.25, 0.3) is 5.91 Å². The minimum Gasteiger partial charge on any atom is -0.455 e. The Balaban J connectivity index is 1.51. The molecule has 2 aromatic rings. The fourth-order valence-corrected chi connectivity index (χ4v) is 4.91. The van der Waals surface area contributed by atoms with Crippen molar-refractivity contribution in [2.24, 2.45) is 0 Å². The van der Waals surface area contributed by atoms with Crippen LogP contribution in [0.1, 0.15) is 24.8 Å². The van der Waals surface area contributed by atoms with Crippen molar-refractivity contribution in [3.63, 3.8) is 0 Å². The summed E-state index contributed by atoms with van der Waals surface area (Å²) in [6, 6.07) is 17.6. The topological polar surface area (TPSA) is 84.0 Å². The highest BCUT2D eigenvalue weighted by Gasteiger charge is 2.30. The van der Waals surface area contributed by atoms with Gasteiger partial charge in [-0.15, -0.1) is 0 Å². The maximum atomic E-state index is 12.7. The summed E-state index contributed by atoms with van der Waals surface area (Å²) in [4.78, 5) is 26.7. The average molecular weight is 431 g/mol. The van der Waals surface area contributed by atoms with E-state index in [1.54, 1.807) is 30.3 Å². The molecule has 0 bridgehead atoms. The highest BCUT2D eigenvalue weighted by Crippen LogP contribution is 2.21. The number of rotatable bonds is 7. The predicted octanol–water partition coefficient (Wildman–Crippen LogP) is 2.26. The molecule has 2 aromatic carbocycles. The first-order valence-electron chi connectivity index (χ1n) is 9.98. The zero-order valence-corrected chi connectivity index (χ0v) is 17.8. The number of esters is 1. The molecule has 0 N–H and O–H groups in total. The minimum atomic E-state index is -3.57. The highest BCUT2D eigenvalue weighted by molar-refractivity contribution is 7.89. The van der Waals surface area contributed by atoms with E-state index in [1.807, 2.05) is 37.3 Å². The van der Waals surface area contributed by atoms with E-state index >= 15 is 0 Å². The first kappa shape index (κ1) is 22.0. The Morgan fingerprint density at radius 2 is 1.50 bits per heavy atom. The molecule has 8 heteroatoms. The number of carbonyl (C=O) groups is 2. The maximum absolute atomic E-state index is 12.7. The molecule has 0 aliphatic carbocycles. The van der Waals surface area contributed by atoms with Crippen LogP contribution in [0.2, 0.25) is 0 Å². The van der Waals surface area contributed by atoms with Gasteiger partial charge in [-0.05, 0) is 24.1 Å². The summed E-state index contributed by atoms with van der Waals surface area (Å²) in [6.45, 7) is 2.49. The molecular formula is C22H26N2O5S. The van der Waals surface area contributed by atoms with Gasteiger partial charge in [0.15, 0.2) is 6.61 Å². The van der Waals surface area contributed by atoms with Crippen LogP contribution >= 0.6 is 0 Å². The number of piperazine rings is 1. The molecule has 7 nitrogen and oxygen atoms in total. The molecule has 1 unspecified atom stereocenters. The molecule has 1 fully saturated rings. The lowest BCUT2D eigenvalue weighted by Gasteiger charge is -2.34. The summed E-state index contributed by atoms with van der Waals surface area (Å²) in [7, 11) is -3.57. The summed E-state index contributed by atoms with van der Waals surface area (Å²) in [5.74, 6) is -1.16. The number of benzene rings is 2. The second kappa shape index (κ2) is 9.86. The predicted molar refractivity (Wildman–Crippen MR) is 112 cm³/mol. The van der Waals surface area contributed by atoms with Crippen LogP contribution in [0.25, 0.3) is 0 Å². The molecule has 160 valence electrons. The molecule has 1 atom stereocenters. The van der Waals surface area contributed by atoms with E-state index in [2.05, 4.69) is 0 Å². The second-order valence-corrected chi connectivity index (χ2v) is 9.02. The fourth-order valence-electron chi connectivity index (χ4n) is 3.47. The number of carbonyl (C=O) groups excluding carboxylic acids is 2. The van der Waals surface area contributed by atoms with Crippen molar-refractivity contribution in [3.8, 4) is 0 Å². The van der Waals surface area contributed by atoms with Crippen LogP contribution in [-0.4, -0.2) is 62.3 Å². The molecule has 1 aliphatic heterocycles. The molecule has 1 amide bonds. The van der Waals surface area contributed by atoms with Gasteiger partial charge in [0.05, 0.1) is 10.8 Å². The Bertz CT molecular complexity index is 956.